The van der Waals surface area contributed by atoms with Crippen LogP contribution in [0, 0.1) is 0 Å². The van der Waals surface area contributed by atoms with E-state index in [0.717, 1.165) is 28.8 Å². The van der Waals surface area contributed by atoms with Gasteiger partial charge in [0.15, 0.2) is 0 Å². The molecule has 0 spiro atoms. The minimum atomic E-state index is 0.306. The number of benzene rings is 1. The first-order valence-corrected chi connectivity index (χ1v) is 7.00. The summed E-state index contributed by atoms with van der Waals surface area (Å²) in [7, 11) is 1.67. The molecule has 0 amide bonds. The molecule has 1 rings (SSSR count). The summed E-state index contributed by atoms with van der Waals surface area (Å²) in [6.45, 7) is 7.56. The van der Waals surface area contributed by atoms with Crippen molar-refractivity contribution in [1.29, 1.82) is 0 Å². The summed E-state index contributed by atoms with van der Waals surface area (Å²) >= 11 is 7.89. The molecule has 0 bridgehead atoms. The molecule has 0 radical (unpaired) electrons. The highest BCUT2D eigenvalue weighted by Crippen LogP contribution is 2.28. The van der Waals surface area contributed by atoms with E-state index in [1.807, 2.05) is 30.0 Å². The first-order valence-electron chi connectivity index (χ1n) is 5.64. The molecule has 1 N–H and O–H groups in total. The fourth-order valence-electron chi connectivity index (χ4n) is 1.36. The van der Waals surface area contributed by atoms with Crippen molar-refractivity contribution in [3.8, 4) is 5.75 Å². The zero-order valence-corrected chi connectivity index (χ0v) is 12.4. The van der Waals surface area contributed by atoms with Gasteiger partial charge in [-0.15, -0.1) is 0 Å². The van der Waals surface area contributed by atoms with E-state index in [1.54, 1.807) is 7.11 Å². The molecule has 0 aliphatic heterocycles. The number of halogens is 1. The molecule has 17 heavy (non-hydrogen) atoms. The average molecular weight is 274 g/mol. The topological polar surface area (TPSA) is 21.3 Å². The second-order valence-corrected chi connectivity index (χ2v) is 7.09. The zero-order chi connectivity index (χ0) is 12.9. The van der Waals surface area contributed by atoms with Crippen molar-refractivity contribution >= 4 is 29.1 Å². The lowest BCUT2D eigenvalue weighted by molar-refractivity contribution is 0.416. The first kappa shape index (κ1) is 14.5. The van der Waals surface area contributed by atoms with Gasteiger partial charge in [0.25, 0.3) is 0 Å². The average Bonchev–Trinajstić information content (AvgIpc) is 2.23. The van der Waals surface area contributed by atoms with Crippen molar-refractivity contribution in [2.24, 2.45) is 0 Å². The Morgan fingerprint density at radius 2 is 2.06 bits per heavy atom. The van der Waals surface area contributed by atoms with E-state index >= 15 is 0 Å². The molecule has 1 aromatic carbocycles. The third-order valence-electron chi connectivity index (χ3n) is 2.11. The summed E-state index contributed by atoms with van der Waals surface area (Å²) in [6.07, 6.45) is 0. The second kappa shape index (κ2) is 6.41. The SMILES string of the molecule is COc1ccc(Cl)cc1NCCSC(C)(C)C. The van der Waals surface area contributed by atoms with E-state index in [1.165, 1.54) is 0 Å². The number of methoxy groups -OCH3 is 1. The third-order valence-corrected chi connectivity index (χ3v) is 3.62. The summed E-state index contributed by atoms with van der Waals surface area (Å²) in [5, 5.41) is 4.07. The van der Waals surface area contributed by atoms with Crippen molar-refractivity contribution in [3.63, 3.8) is 0 Å². The van der Waals surface area contributed by atoms with Gasteiger partial charge in [-0.3, -0.25) is 0 Å². The Morgan fingerprint density at radius 1 is 1.35 bits per heavy atom. The van der Waals surface area contributed by atoms with Gasteiger partial charge in [-0.2, -0.15) is 11.8 Å². The third kappa shape index (κ3) is 5.55. The summed E-state index contributed by atoms with van der Waals surface area (Å²) in [5.41, 5.74) is 0.953. The molecule has 0 aromatic heterocycles. The van der Waals surface area contributed by atoms with Crippen molar-refractivity contribution < 1.29 is 4.74 Å². The van der Waals surface area contributed by atoms with Gasteiger partial charge < -0.3 is 10.1 Å². The Labute approximate surface area is 113 Å². The van der Waals surface area contributed by atoms with Crippen LogP contribution >= 0.6 is 23.4 Å². The largest absolute Gasteiger partial charge is 0.495 e. The number of thioether (sulfide) groups is 1. The van der Waals surface area contributed by atoms with Crippen molar-refractivity contribution in [2.75, 3.05) is 24.7 Å². The Kier molecular flexibility index (Phi) is 5.47. The maximum absolute atomic E-state index is 5.96. The van der Waals surface area contributed by atoms with Crippen LogP contribution in [0.3, 0.4) is 0 Å². The Balaban J connectivity index is 2.48. The molecule has 4 heteroatoms. The zero-order valence-electron chi connectivity index (χ0n) is 10.8. The van der Waals surface area contributed by atoms with Crippen LogP contribution in [0.15, 0.2) is 18.2 Å². The van der Waals surface area contributed by atoms with Gasteiger partial charge in [0.05, 0.1) is 12.8 Å². The lowest BCUT2D eigenvalue weighted by Crippen LogP contribution is -2.13. The van der Waals surface area contributed by atoms with E-state index in [-0.39, 0.29) is 0 Å². The van der Waals surface area contributed by atoms with Gasteiger partial charge in [0.2, 0.25) is 0 Å². The van der Waals surface area contributed by atoms with E-state index in [4.69, 9.17) is 16.3 Å². The molecule has 0 saturated heterocycles. The molecule has 0 heterocycles. The number of hydrogen-bond donors (Lipinski definition) is 1. The Hall–Kier alpha value is -0.540. The van der Waals surface area contributed by atoms with Crippen LogP contribution < -0.4 is 10.1 Å². The van der Waals surface area contributed by atoms with Crippen LogP contribution in [0.5, 0.6) is 5.75 Å². The minimum Gasteiger partial charge on any atom is -0.495 e. The molecule has 0 saturated carbocycles. The number of hydrogen-bond acceptors (Lipinski definition) is 3. The van der Waals surface area contributed by atoms with E-state index in [0.29, 0.717) is 4.75 Å². The number of ether oxygens (including phenoxy) is 1. The summed E-state index contributed by atoms with van der Waals surface area (Å²) < 4.78 is 5.58. The van der Waals surface area contributed by atoms with Crippen molar-refractivity contribution in [3.05, 3.63) is 23.2 Å². The standard InChI is InChI=1S/C13H20ClNOS/c1-13(2,3)17-8-7-15-11-9-10(14)5-6-12(11)16-4/h5-6,9,15H,7-8H2,1-4H3. The normalized spacial score (nSPS) is 11.4. The number of anilines is 1. The minimum absolute atomic E-state index is 0.306. The van der Waals surface area contributed by atoms with Crippen molar-refractivity contribution in [1.82, 2.24) is 0 Å². The van der Waals surface area contributed by atoms with Gasteiger partial charge >= 0.3 is 0 Å². The summed E-state index contributed by atoms with van der Waals surface area (Å²) in [4.78, 5) is 0. The van der Waals surface area contributed by atoms with Gasteiger partial charge in [-0.05, 0) is 18.2 Å². The second-order valence-electron chi connectivity index (χ2n) is 4.73. The molecular formula is C13H20ClNOS. The lowest BCUT2D eigenvalue weighted by Gasteiger charge is -2.18. The van der Waals surface area contributed by atoms with Crippen LogP contribution in [-0.2, 0) is 0 Å². The van der Waals surface area contributed by atoms with Gasteiger partial charge in [0, 0.05) is 22.1 Å². The fourth-order valence-corrected chi connectivity index (χ4v) is 2.35. The molecule has 0 atom stereocenters. The molecule has 0 fully saturated rings. The van der Waals surface area contributed by atoms with E-state index < -0.39 is 0 Å². The summed E-state index contributed by atoms with van der Waals surface area (Å²) in [5.74, 6) is 1.88. The predicted molar refractivity (Wildman–Crippen MR) is 78.7 cm³/mol. The number of nitrogens with one attached hydrogen (secondary N) is 1. The summed E-state index contributed by atoms with van der Waals surface area (Å²) in [6, 6.07) is 5.60. The van der Waals surface area contributed by atoms with Crippen LogP contribution in [0.1, 0.15) is 20.8 Å². The van der Waals surface area contributed by atoms with Crippen molar-refractivity contribution in [2.45, 2.75) is 25.5 Å². The number of rotatable bonds is 5. The molecule has 2 nitrogen and oxygen atoms in total. The van der Waals surface area contributed by atoms with Gasteiger partial charge in [-0.25, -0.2) is 0 Å². The lowest BCUT2D eigenvalue weighted by atomic mass is 10.3. The molecule has 1 aromatic rings. The van der Waals surface area contributed by atoms with E-state index in [2.05, 4.69) is 26.1 Å². The fraction of sp³-hybridized carbons (Fsp3) is 0.538. The Bertz CT molecular complexity index is 363. The predicted octanol–water partition coefficient (Wildman–Crippen LogP) is 4.29. The Morgan fingerprint density at radius 3 is 2.65 bits per heavy atom. The maximum Gasteiger partial charge on any atom is 0.142 e. The van der Waals surface area contributed by atoms with Crippen LogP contribution in [0.2, 0.25) is 5.02 Å². The highest BCUT2D eigenvalue weighted by atomic mass is 35.5. The van der Waals surface area contributed by atoms with Crippen LogP contribution in [-0.4, -0.2) is 24.2 Å². The van der Waals surface area contributed by atoms with Gasteiger partial charge in [-0.1, -0.05) is 32.4 Å². The molecule has 0 aliphatic carbocycles. The van der Waals surface area contributed by atoms with Crippen LogP contribution in [0.4, 0.5) is 5.69 Å². The highest BCUT2D eigenvalue weighted by molar-refractivity contribution is 8.00. The smallest absolute Gasteiger partial charge is 0.142 e. The van der Waals surface area contributed by atoms with E-state index in [9.17, 15) is 0 Å². The molecule has 0 aliphatic rings. The maximum atomic E-state index is 5.96. The molecule has 96 valence electrons. The molecule has 0 unspecified atom stereocenters. The van der Waals surface area contributed by atoms with Gasteiger partial charge in [0.1, 0.15) is 5.75 Å². The first-order chi connectivity index (χ1) is 7.92. The monoisotopic (exact) mass is 273 g/mol. The highest BCUT2D eigenvalue weighted by Gasteiger charge is 2.10. The van der Waals surface area contributed by atoms with Crippen LogP contribution in [0.25, 0.3) is 0 Å². The quantitative estimate of drug-likeness (QED) is 0.809. The molecular weight excluding hydrogens is 254 g/mol.